The van der Waals surface area contributed by atoms with Crippen molar-refractivity contribution in [2.24, 2.45) is 39.9 Å². The number of carbonyl (C=O) groups is 3. The maximum Gasteiger partial charge on any atom is 0.310 e. The number of hydrogen-bond acceptors (Lipinski definition) is 9. The van der Waals surface area contributed by atoms with Crippen LogP contribution in [0.2, 0.25) is 0 Å². The lowest BCUT2D eigenvalue weighted by molar-refractivity contribution is -0.228. The van der Waals surface area contributed by atoms with Crippen molar-refractivity contribution in [2.75, 3.05) is 6.61 Å². The first-order chi connectivity index (χ1) is 19.8. The second kappa shape index (κ2) is 10.5. The van der Waals surface area contributed by atoms with Gasteiger partial charge < -0.3 is 29.2 Å². The fraction of sp³-hybridized carbons (Fsp3) is 0.853. The third kappa shape index (κ3) is 5.05. The largest absolute Gasteiger partial charge is 0.462 e. The average Bonchev–Trinajstić information content (AvgIpc) is 3.18. The fourth-order valence-corrected chi connectivity index (χ4v) is 10.8. The molecule has 0 aromatic heterocycles. The van der Waals surface area contributed by atoms with E-state index in [-0.39, 0.29) is 41.5 Å². The molecule has 0 radical (unpaired) electrons. The zero-order valence-corrected chi connectivity index (χ0v) is 27.4. The van der Waals surface area contributed by atoms with Gasteiger partial charge in [0, 0.05) is 30.6 Å². The Hall–Kier alpha value is -1.97. The Labute approximate surface area is 256 Å². The molecule has 0 bridgehead atoms. The van der Waals surface area contributed by atoms with Gasteiger partial charge >= 0.3 is 17.9 Å². The number of fused-ring (bicyclic) bond motifs is 5. The first-order valence-corrected chi connectivity index (χ1v) is 16.1. The number of cyclic esters (lactones) is 1. The highest BCUT2D eigenvalue weighted by Crippen LogP contribution is 2.72. The number of esters is 3. The van der Waals surface area contributed by atoms with Gasteiger partial charge in [0.05, 0.1) is 24.7 Å². The second-order valence-electron chi connectivity index (χ2n) is 15.9. The Morgan fingerprint density at radius 2 is 1.63 bits per heavy atom. The number of allylic oxidation sites excluding steroid dienone is 1. The molecule has 2 saturated heterocycles. The predicted octanol–water partition coefficient (Wildman–Crippen LogP) is 4.51. The minimum atomic E-state index is -1.14. The van der Waals surface area contributed by atoms with E-state index in [9.17, 15) is 24.6 Å². The summed E-state index contributed by atoms with van der Waals surface area (Å²) in [7, 11) is 0. The number of aliphatic hydroxyl groups is 2. The summed E-state index contributed by atoms with van der Waals surface area (Å²) in [6.45, 7) is 17.1. The Kier molecular flexibility index (Phi) is 7.95. The third-order valence-electron chi connectivity index (χ3n) is 12.4. The molecule has 11 atom stereocenters. The Balaban J connectivity index is 1.56. The Morgan fingerprint density at radius 3 is 2.21 bits per heavy atom. The molecule has 0 aromatic carbocycles. The summed E-state index contributed by atoms with van der Waals surface area (Å²) < 4.78 is 24.3. The van der Waals surface area contributed by atoms with Gasteiger partial charge in [-0.2, -0.15) is 0 Å². The van der Waals surface area contributed by atoms with Crippen molar-refractivity contribution in [2.45, 2.75) is 136 Å². The van der Waals surface area contributed by atoms with E-state index in [4.69, 9.17) is 18.9 Å². The van der Waals surface area contributed by atoms with E-state index < -0.39 is 58.4 Å². The summed E-state index contributed by atoms with van der Waals surface area (Å²) >= 11 is 0. The summed E-state index contributed by atoms with van der Waals surface area (Å²) in [6, 6.07) is 0. The van der Waals surface area contributed by atoms with Crippen LogP contribution in [0.5, 0.6) is 0 Å². The van der Waals surface area contributed by atoms with Gasteiger partial charge in [-0.25, -0.2) is 0 Å². The lowest BCUT2D eigenvalue weighted by Gasteiger charge is -2.66. The smallest absolute Gasteiger partial charge is 0.310 e. The fourth-order valence-electron chi connectivity index (χ4n) is 10.8. The molecule has 242 valence electrons. The van der Waals surface area contributed by atoms with Crippen molar-refractivity contribution in [3.8, 4) is 0 Å². The molecule has 5 aliphatic rings. The van der Waals surface area contributed by atoms with Crippen LogP contribution in [0, 0.1) is 39.9 Å². The summed E-state index contributed by atoms with van der Waals surface area (Å²) in [5, 5.41) is 21.6. The van der Waals surface area contributed by atoms with E-state index in [2.05, 4.69) is 26.8 Å². The summed E-state index contributed by atoms with van der Waals surface area (Å²) in [5.74, 6) is -1.14. The average molecular weight is 605 g/mol. The van der Waals surface area contributed by atoms with Crippen LogP contribution in [0.3, 0.4) is 0 Å². The molecular weight excluding hydrogens is 552 g/mol. The van der Waals surface area contributed by atoms with E-state index in [1.807, 2.05) is 13.8 Å². The number of rotatable bonds is 4. The van der Waals surface area contributed by atoms with E-state index in [1.54, 1.807) is 13.8 Å². The molecule has 0 spiro atoms. The molecule has 2 heterocycles. The van der Waals surface area contributed by atoms with Gasteiger partial charge in [0.1, 0.15) is 23.9 Å². The minimum absolute atomic E-state index is 0.0144. The van der Waals surface area contributed by atoms with Crippen molar-refractivity contribution in [1.82, 2.24) is 0 Å². The summed E-state index contributed by atoms with van der Waals surface area (Å²) in [5.41, 5.74) is -2.18. The lowest BCUT2D eigenvalue weighted by Crippen LogP contribution is -2.67. The monoisotopic (exact) mass is 604 g/mol. The molecule has 9 heteroatoms. The Morgan fingerprint density at radius 1 is 1.00 bits per heavy atom. The highest BCUT2D eigenvalue weighted by Gasteiger charge is 2.71. The number of carbonyl (C=O) groups excluding carboxylic acids is 3. The zero-order valence-electron chi connectivity index (χ0n) is 27.4. The number of ether oxygens (including phenoxy) is 4. The van der Waals surface area contributed by atoms with Crippen LogP contribution in [0.25, 0.3) is 0 Å². The van der Waals surface area contributed by atoms with Crippen LogP contribution < -0.4 is 0 Å². The normalized spacial score (nSPS) is 45.8. The molecule has 3 aliphatic carbocycles. The van der Waals surface area contributed by atoms with Crippen LogP contribution in [0.15, 0.2) is 11.6 Å². The lowest BCUT2D eigenvalue weighted by atomic mass is 9.39. The van der Waals surface area contributed by atoms with Crippen LogP contribution in [-0.4, -0.2) is 70.3 Å². The third-order valence-corrected chi connectivity index (χ3v) is 12.4. The highest BCUT2D eigenvalue weighted by atomic mass is 16.6. The van der Waals surface area contributed by atoms with Gasteiger partial charge in [0.2, 0.25) is 0 Å². The SMILES string of the molecule is CC(=O)O[C@H]1CC(=O)OC(C)(C)[C@@H]2C[C@@H](OC(C)=O)[C@@]3(C)C4=CC[C@@H]([C@H]5CO[C@@H](C(C)(C)O)[C@H](O)C5)[C@]4(C)CC[C@@H]3[C@@]12C. The van der Waals surface area contributed by atoms with Gasteiger partial charge in [-0.3, -0.25) is 14.4 Å². The van der Waals surface area contributed by atoms with Crippen LogP contribution in [-0.2, 0) is 33.3 Å². The quantitative estimate of drug-likeness (QED) is 0.271. The van der Waals surface area contributed by atoms with E-state index in [0.29, 0.717) is 19.4 Å². The minimum Gasteiger partial charge on any atom is -0.462 e. The molecular formula is C34H52O9. The van der Waals surface area contributed by atoms with Gasteiger partial charge in [-0.1, -0.05) is 32.4 Å². The maximum atomic E-state index is 13.1. The molecule has 2 aliphatic heterocycles. The first kappa shape index (κ1) is 32.4. The van der Waals surface area contributed by atoms with Crippen LogP contribution in [0.4, 0.5) is 0 Å². The molecule has 9 nitrogen and oxygen atoms in total. The Bertz CT molecular complexity index is 1180. The predicted molar refractivity (Wildman–Crippen MR) is 157 cm³/mol. The second-order valence-corrected chi connectivity index (χ2v) is 15.9. The summed E-state index contributed by atoms with van der Waals surface area (Å²) in [4.78, 5) is 38.1. The molecule has 43 heavy (non-hydrogen) atoms. The van der Waals surface area contributed by atoms with Gasteiger partial charge in [-0.05, 0) is 83.0 Å². The van der Waals surface area contributed by atoms with Crippen LogP contribution >= 0.6 is 0 Å². The number of hydrogen-bond donors (Lipinski definition) is 2. The van der Waals surface area contributed by atoms with Gasteiger partial charge in [0.15, 0.2) is 0 Å². The first-order valence-electron chi connectivity index (χ1n) is 16.1. The van der Waals surface area contributed by atoms with Gasteiger partial charge in [0.25, 0.3) is 0 Å². The van der Waals surface area contributed by atoms with Crippen molar-refractivity contribution < 1.29 is 43.5 Å². The zero-order chi connectivity index (χ0) is 31.9. The van der Waals surface area contributed by atoms with Crippen molar-refractivity contribution >= 4 is 17.9 Å². The molecule has 2 N–H and O–H groups in total. The molecule has 4 fully saturated rings. The van der Waals surface area contributed by atoms with Gasteiger partial charge in [-0.15, -0.1) is 0 Å². The number of aliphatic hydroxyl groups excluding tert-OH is 1. The standard InChI is InChI=1S/C34H52O9/c1-18(35)41-26-15-25-31(5,6)43-28(38)16-27(42-19(2)36)34(25,9)24-12-13-32(7)21(10-11-23(32)33(24,26)8)20-14-22(37)29(40-17-20)30(3,4)39/h11,20-22,24-27,29,37,39H,10,12-17H2,1-9H3/t20-,21+,22-,24+,25+,26-,27+,29-,32+,33+,34-/m1/s1. The van der Waals surface area contributed by atoms with Crippen molar-refractivity contribution in [3.05, 3.63) is 11.6 Å². The molecule has 0 unspecified atom stereocenters. The maximum absolute atomic E-state index is 13.1. The molecule has 0 amide bonds. The van der Waals surface area contributed by atoms with Crippen LogP contribution in [0.1, 0.15) is 101 Å². The highest BCUT2D eigenvalue weighted by molar-refractivity contribution is 5.73. The van der Waals surface area contributed by atoms with E-state index in [1.165, 1.54) is 19.4 Å². The molecule has 2 saturated carbocycles. The van der Waals surface area contributed by atoms with Crippen molar-refractivity contribution in [3.63, 3.8) is 0 Å². The topological polar surface area (TPSA) is 129 Å². The molecule has 0 aromatic rings. The van der Waals surface area contributed by atoms with Crippen molar-refractivity contribution in [1.29, 1.82) is 0 Å². The van der Waals surface area contributed by atoms with E-state index in [0.717, 1.165) is 19.3 Å². The molecule has 5 rings (SSSR count). The summed E-state index contributed by atoms with van der Waals surface area (Å²) in [6.07, 6.45) is 3.27. The van der Waals surface area contributed by atoms with E-state index >= 15 is 0 Å².